The molecule has 1 fully saturated rings. The molecule has 7 nitrogen and oxygen atoms in total. The highest BCUT2D eigenvalue weighted by Crippen LogP contribution is 2.23. The number of hydrogen-bond acceptors (Lipinski definition) is 6. The lowest BCUT2D eigenvalue weighted by Crippen LogP contribution is -2.39. The number of amides is 1. The van der Waals surface area contributed by atoms with Gasteiger partial charge in [-0.3, -0.25) is 4.79 Å². The van der Waals surface area contributed by atoms with Crippen LogP contribution in [0.5, 0.6) is 6.01 Å². The van der Waals surface area contributed by atoms with Crippen molar-refractivity contribution in [2.45, 2.75) is 44.8 Å². The van der Waals surface area contributed by atoms with Gasteiger partial charge in [0.15, 0.2) is 0 Å². The zero-order valence-electron chi connectivity index (χ0n) is 12.7. The fourth-order valence-electron chi connectivity index (χ4n) is 2.62. The van der Waals surface area contributed by atoms with Gasteiger partial charge in [0.05, 0.1) is 23.6 Å². The van der Waals surface area contributed by atoms with Gasteiger partial charge in [-0.15, -0.1) is 0 Å². The normalized spacial score (nSPS) is 21.0. The van der Waals surface area contributed by atoms with E-state index in [0.717, 1.165) is 25.7 Å². The summed E-state index contributed by atoms with van der Waals surface area (Å²) in [5, 5.41) is 7.11. The van der Waals surface area contributed by atoms with Crippen LogP contribution in [-0.4, -0.2) is 33.2 Å². The number of aryl methyl sites for hydroxylation is 1. The molecule has 1 N–H and O–H groups in total. The van der Waals surface area contributed by atoms with Gasteiger partial charge in [-0.05, 0) is 32.6 Å². The van der Waals surface area contributed by atoms with Gasteiger partial charge in [0.25, 0.3) is 5.91 Å². The van der Waals surface area contributed by atoms with Crippen LogP contribution < -0.4 is 10.1 Å². The van der Waals surface area contributed by atoms with Crippen LogP contribution in [0, 0.1) is 6.92 Å². The molecule has 0 atom stereocenters. The first kappa shape index (κ1) is 15.7. The summed E-state index contributed by atoms with van der Waals surface area (Å²) in [5.41, 5.74) is 0.484. The summed E-state index contributed by atoms with van der Waals surface area (Å²) in [7, 11) is 0. The maximum atomic E-state index is 12.1. The molecule has 0 radical (unpaired) electrons. The van der Waals surface area contributed by atoms with Crippen molar-refractivity contribution in [2.75, 3.05) is 0 Å². The first-order chi connectivity index (χ1) is 11.1. The van der Waals surface area contributed by atoms with Gasteiger partial charge in [0.1, 0.15) is 17.4 Å². The molecule has 2 heterocycles. The van der Waals surface area contributed by atoms with Crippen molar-refractivity contribution >= 4 is 17.5 Å². The molecule has 3 rings (SSSR count). The van der Waals surface area contributed by atoms with Crippen LogP contribution in [0.4, 0.5) is 0 Å². The number of nitrogens with one attached hydrogen (secondary N) is 1. The van der Waals surface area contributed by atoms with Crippen LogP contribution in [0.25, 0.3) is 0 Å². The average molecular weight is 337 g/mol. The minimum absolute atomic E-state index is 0.0571. The molecule has 1 saturated carbocycles. The maximum Gasteiger partial charge on any atom is 0.316 e. The molecule has 1 amide bonds. The van der Waals surface area contributed by atoms with Crippen molar-refractivity contribution in [2.24, 2.45) is 0 Å². The van der Waals surface area contributed by atoms with Crippen molar-refractivity contribution in [1.82, 2.24) is 20.4 Å². The topological polar surface area (TPSA) is 90.1 Å². The number of rotatable bonds is 4. The molecular formula is C15H17ClN4O3. The Kier molecular flexibility index (Phi) is 4.76. The molecule has 0 bridgehead atoms. The first-order valence-corrected chi connectivity index (χ1v) is 7.86. The van der Waals surface area contributed by atoms with E-state index in [1.54, 1.807) is 6.92 Å². The summed E-state index contributed by atoms with van der Waals surface area (Å²) in [6, 6.07) is 0.463. The third-order valence-electron chi connectivity index (χ3n) is 3.87. The molecule has 0 aromatic carbocycles. The van der Waals surface area contributed by atoms with Gasteiger partial charge in [0, 0.05) is 6.04 Å². The Hall–Kier alpha value is -2.15. The summed E-state index contributed by atoms with van der Waals surface area (Å²) < 4.78 is 10.6. The highest BCUT2D eigenvalue weighted by molar-refractivity contribution is 6.30. The fourth-order valence-corrected chi connectivity index (χ4v) is 2.71. The zero-order valence-corrected chi connectivity index (χ0v) is 13.4. The SMILES string of the molecule is Cc1oncc1C(=O)NC1CCC(Oc2ncc(Cl)cn2)CC1. The Bertz CT molecular complexity index is 666. The monoisotopic (exact) mass is 336 g/mol. The Morgan fingerprint density at radius 2 is 1.96 bits per heavy atom. The summed E-state index contributed by atoms with van der Waals surface area (Å²) in [5.74, 6) is 0.383. The average Bonchev–Trinajstić information content (AvgIpc) is 2.98. The Labute approximate surface area is 138 Å². The van der Waals surface area contributed by atoms with Crippen LogP contribution in [-0.2, 0) is 0 Å². The van der Waals surface area contributed by atoms with Crippen molar-refractivity contribution in [3.05, 3.63) is 34.9 Å². The molecule has 2 aromatic heterocycles. The molecule has 8 heteroatoms. The predicted octanol–water partition coefficient (Wildman–Crippen LogP) is 2.55. The summed E-state index contributed by atoms with van der Waals surface area (Å²) in [6.45, 7) is 1.72. The number of ether oxygens (including phenoxy) is 1. The molecule has 122 valence electrons. The Balaban J connectivity index is 1.48. The third kappa shape index (κ3) is 3.98. The highest BCUT2D eigenvalue weighted by Gasteiger charge is 2.25. The Morgan fingerprint density at radius 1 is 1.26 bits per heavy atom. The molecule has 2 aromatic rings. The van der Waals surface area contributed by atoms with Gasteiger partial charge in [-0.1, -0.05) is 16.8 Å². The van der Waals surface area contributed by atoms with Crippen molar-refractivity contribution in [3.63, 3.8) is 0 Å². The second kappa shape index (κ2) is 6.95. The van der Waals surface area contributed by atoms with Gasteiger partial charge < -0.3 is 14.6 Å². The van der Waals surface area contributed by atoms with E-state index in [0.29, 0.717) is 22.4 Å². The molecular weight excluding hydrogens is 320 g/mol. The van der Waals surface area contributed by atoms with E-state index < -0.39 is 0 Å². The van der Waals surface area contributed by atoms with E-state index in [1.807, 2.05) is 0 Å². The minimum atomic E-state index is -0.144. The van der Waals surface area contributed by atoms with E-state index in [-0.39, 0.29) is 18.1 Å². The van der Waals surface area contributed by atoms with Crippen LogP contribution in [0.2, 0.25) is 5.02 Å². The minimum Gasteiger partial charge on any atom is -0.460 e. The number of nitrogens with zero attached hydrogens (tertiary/aromatic N) is 3. The fraction of sp³-hybridized carbons (Fsp3) is 0.467. The quantitative estimate of drug-likeness (QED) is 0.922. The van der Waals surface area contributed by atoms with Crippen LogP contribution in [0.1, 0.15) is 41.8 Å². The van der Waals surface area contributed by atoms with E-state index in [2.05, 4.69) is 20.4 Å². The van der Waals surface area contributed by atoms with E-state index in [1.165, 1.54) is 18.6 Å². The molecule has 23 heavy (non-hydrogen) atoms. The van der Waals surface area contributed by atoms with Crippen molar-refractivity contribution in [1.29, 1.82) is 0 Å². The molecule has 0 aliphatic heterocycles. The van der Waals surface area contributed by atoms with Gasteiger partial charge in [0.2, 0.25) is 0 Å². The summed E-state index contributed by atoms with van der Waals surface area (Å²) >= 11 is 5.74. The number of carbonyl (C=O) groups excluding carboxylic acids is 1. The maximum absolute atomic E-state index is 12.1. The molecule has 1 aliphatic carbocycles. The number of halogens is 1. The zero-order chi connectivity index (χ0) is 16.2. The largest absolute Gasteiger partial charge is 0.460 e. The van der Waals surface area contributed by atoms with Crippen LogP contribution >= 0.6 is 11.6 Å². The molecule has 0 unspecified atom stereocenters. The van der Waals surface area contributed by atoms with Gasteiger partial charge in [-0.2, -0.15) is 0 Å². The van der Waals surface area contributed by atoms with Gasteiger partial charge in [-0.25, -0.2) is 9.97 Å². The standard InChI is InChI=1S/C15H17ClN4O3/c1-9-13(8-19-23-9)14(21)20-11-2-4-12(5-3-11)22-15-17-6-10(16)7-18-15/h6-8,11-12H,2-5H2,1H3,(H,20,21). The smallest absolute Gasteiger partial charge is 0.316 e. The number of hydrogen-bond donors (Lipinski definition) is 1. The lowest BCUT2D eigenvalue weighted by atomic mass is 9.93. The van der Waals surface area contributed by atoms with E-state index >= 15 is 0 Å². The molecule has 0 spiro atoms. The van der Waals surface area contributed by atoms with Gasteiger partial charge >= 0.3 is 6.01 Å². The summed E-state index contributed by atoms with van der Waals surface area (Å²) in [4.78, 5) is 20.2. The van der Waals surface area contributed by atoms with E-state index in [9.17, 15) is 4.79 Å². The Morgan fingerprint density at radius 3 is 2.57 bits per heavy atom. The number of carbonyl (C=O) groups is 1. The lowest BCUT2D eigenvalue weighted by molar-refractivity contribution is 0.0883. The summed E-state index contributed by atoms with van der Waals surface area (Å²) in [6.07, 6.45) is 7.87. The van der Waals surface area contributed by atoms with Crippen LogP contribution in [0.15, 0.2) is 23.1 Å². The molecule has 1 aliphatic rings. The second-order valence-corrected chi connectivity index (χ2v) is 5.98. The van der Waals surface area contributed by atoms with E-state index in [4.69, 9.17) is 20.9 Å². The first-order valence-electron chi connectivity index (χ1n) is 7.48. The molecule has 0 saturated heterocycles. The number of aromatic nitrogens is 3. The third-order valence-corrected chi connectivity index (χ3v) is 4.07. The van der Waals surface area contributed by atoms with Crippen LogP contribution in [0.3, 0.4) is 0 Å². The second-order valence-electron chi connectivity index (χ2n) is 5.54. The highest BCUT2D eigenvalue weighted by atomic mass is 35.5. The van der Waals surface area contributed by atoms with Crippen molar-refractivity contribution in [3.8, 4) is 6.01 Å². The van der Waals surface area contributed by atoms with Crippen molar-refractivity contribution < 1.29 is 14.1 Å². The predicted molar refractivity (Wildman–Crippen MR) is 82.4 cm³/mol. The lowest BCUT2D eigenvalue weighted by Gasteiger charge is -2.28.